The lowest BCUT2D eigenvalue weighted by Crippen LogP contribution is -1.91. The Morgan fingerprint density at radius 3 is 2.56 bits per heavy atom. The third-order valence-corrected chi connectivity index (χ3v) is 2.34. The van der Waals surface area contributed by atoms with Gasteiger partial charge < -0.3 is 4.74 Å². The van der Waals surface area contributed by atoms with Crippen molar-refractivity contribution >= 4 is 11.6 Å². The summed E-state index contributed by atoms with van der Waals surface area (Å²) in [6.45, 7) is 1.87. The topological polar surface area (TPSA) is 35.0 Å². The zero-order chi connectivity index (χ0) is 11.4. The average molecular weight is 235 g/mol. The van der Waals surface area contributed by atoms with Crippen LogP contribution in [0.3, 0.4) is 0 Å². The lowest BCUT2D eigenvalue weighted by Gasteiger charge is -2.04. The zero-order valence-electron chi connectivity index (χ0n) is 8.85. The number of nitrogens with zero attached hydrogens (tertiary/aromatic N) is 2. The number of benzene rings is 1. The largest absolute Gasteiger partial charge is 0.437 e. The van der Waals surface area contributed by atoms with Crippen LogP contribution in [-0.2, 0) is 5.88 Å². The molecule has 0 atom stereocenters. The number of aryl methyl sites for hydroxylation is 1. The van der Waals surface area contributed by atoms with E-state index in [1.807, 2.05) is 31.2 Å². The Balaban J connectivity index is 2.14. The van der Waals surface area contributed by atoms with Gasteiger partial charge in [0.2, 0.25) is 5.88 Å². The van der Waals surface area contributed by atoms with E-state index in [0.29, 0.717) is 11.8 Å². The van der Waals surface area contributed by atoms with Crippen molar-refractivity contribution in [3.8, 4) is 11.6 Å². The Bertz CT molecular complexity index is 471. The second-order valence-corrected chi connectivity index (χ2v) is 3.65. The quantitative estimate of drug-likeness (QED) is 0.765. The van der Waals surface area contributed by atoms with Crippen LogP contribution in [-0.4, -0.2) is 9.97 Å². The molecule has 0 unspecified atom stereocenters. The van der Waals surface area contributed by atoms with E-state index in [1.165, 1.54) is 0 Å². The highest BCUT2D eigenvalue weighted by molar-refractivity contribution is 6.17. The molecule has 16 heavy (non-hydrogen) atoms. The number of hydrogen-bond donors (Lipinski definition) is 0. The van der Waals surface area contributed by atoms with E-state index in [2.05, 4.69) is 9.97 Å². The summed E-state index contributed by atoms with van der Waals surface area (Å²) in [5, 5.41) is 0. The van der Waals surface area contributed by atoms with Crippen LogP contribution in [0.4, 0.5) is 0 Å². The summed E-state index contributed by atoms with van der Waals surface area (Å²) in [5.74, 6) is 1.73. The summed E-state index contributed by atoms with van der Waals surface area (Å²) in [5.41, 5.74) is 1.89. The van der Waals surface area contributed by atoms with Crippen molar-refractivity contribution in [3.63, 3.8) is 0 Å². The molecule has 1 aromatic heterocycles. The van der Waals surface area contributed by atoms with Crippen LogP contribution in [0, 0.1) is 6.92 Å². The van der Waals surface area contributed by atoms with Gasteiger partial charge in [0.25, 0.3) is 0 Å². The van der Waals surface area contributed by atoms with Gasteiger partial charge in [0, 0.05) is 12.1 Å². The number of rotatable bonds is 3. The molecule has 4 heteroatoms. The van der Waals surface area contributed by atoms with Crippen LogP contribution in [0.2, 0.25) is 0 Å². The molecule has 0 radical (unpaired) electrons. The maximum absolute atomic E-state index is 5.70. The molecule has 0 fully saturated rings. The Kier molecular flexibility index (Phi) is 3.37. The van der Waals surface area contributed by atoms with Gasteiger partial charge in [-0.2, -0.15) is 0 Å². The van der Waals surface area contributed by atoms with E-state index in [9.17, 15) is 0 Å². The normalized spacial score (nSPS) is 10.1. The van der Waals surface area contributed by atoms with Gasteiger partial charge in [0.05, 0.1) is 11.9 Å². The first-order chi connectivity index (χ1) is 7.78. The van der Waals surface area contributed by atoms with Crippen LogP contribution >= 0.6 is 11.6 Å². The zero-order valence-corrected chi connectivity index (χ0v) is 9.61. The third-order valence-electron chi connectivity index (χ3n) is 2.03. The molecule has 0 aliphatic rings. The van der Waals surface area contributed by atoms with Crippen molar-refractivity contribution < 1.29 is 4.74 Å². The van der Waals surface area contributed by atoms with Gasteiger partial charge >= 0.3 is 0 Å². The molecule has 2 rings (SSSR count). The fraction of sp³-hybridized carbons (Fsp3) is 0.167. The molecule has 3 nitrogen and oxygen atoms in total. The second-order valence-electron chi connectivity index (χ2n) is 3.38. The highest BCUT2D eigenvalue weighted by Gasteiger charge is 1.99. The summed E-state index contributed by atoms with van der Waals surface area (Å²) >= 11 is 5.70. The summed E-state index contributed by atoms with van der Waals surface area (Å²) < 4.78 is 5.54. The van der Waals surface area contributed by atoms with Gasteiger partial charge in [-0.25, -0.2) is 4.98 Å². The number of aromatic nitrogens is 2. The predicted molar refractivity (Wildman–Crippen MR) is 62.8 cm³/mol. The fourth-order valence-corrected chi connectivity index (χ4v) is 1.44. The van der Waals surface area contributed by atoms with Crippen LogP contribution in [0.15, 0.2) is 36.7 Å². The maximum Gasteiger partial charge on any atom is 0.238 e. The molecule has 0 N–H and O–H groups in total. The minimum Gasteiger partial charge on any atom is -0.437 e. The predicted octanol–water partition coefficient (Wildman–Crippen LogP) is 3.32. The number of alkyl halides is 1. The molecule has 0 saturated carbocycles. The van der Waals surface area contributed by atoms with Gasteiger partial charge in [-0.1, -0.05) is 12.1 Å². The Hall–Kier alpha value is -1.61. The van der Waals surface area contributed by atoms with E-state index in [0.717, 1.165) is 17.0 Å². The van der Waals surface area contributed by atoms with Crippen LogP contribution < -0.4 is 4.74 Å². The highest BCUT2D eigenvalue weighted by atomic mass is 35.5. The van der Waals surface area contributed by atoms with Crippen molar-refractivity contribution in [1.82, 2.24) is 9.97 Å². The molecule has 82 valence electrons. The van der Waals surface area contributed by atoms with Crippen LogP contribution in [0.5, 0.6) is 11.6 Å². The van der Waals surface area contributed by atoms with Crippen LogP contribution in [0.25, 0.3) is 0 Å². The number of ether oxygens (including phenoxy) is 1. The monoisotopic (exact) mass is 234 g/mol. The molecule has 1 heterocycles. The summed E-state index contributed by atoms with van der Waals surface area (Å²) in [6, 6.07) is 7.57. The Morgan fingerprint density at radius 1 is 1.19 bits per heavy atom. The average Bonchev–Trinajstić information content (AvgIpc) is 2.30. The number of halogens is 1. The van der Waals surface area contributed by atoms with E-state index in [-0.39, 0.29) is 0 Å². The molecule has 1 aromatic carbocycles. The fourth-order valence-electron chi connectivity index (χ4n) is 1.26. The van der Waals surface area contributed by atoms with Crippen molar-refractivity contribution in [2.45, 2.75) is 12.8 Å². The Morgan fingerprint density at radius 2 is 1.94 bits per heavy atom. The first-order valence-corrected chi connectivity index (χ1v) is 5.43. The molecule has 0 bridgehead atoms. The third kappa shape index (κ3) is 2.70. The van der Waals surface area contributed by atoms with Gasteiger partial charge in [-0.05, 0) is 24.6 Å². The minimum absolute atomic E-state index is 0.499. The number of hydrogen-bond acceptors (Lipinski definition) is 3. The van der Waals surface area contributed by atoms with Gasteiger partial charge in [0.1, 0.15) is 5.75 Å². The smallest absolute Gasteiger partial charge is 0.238 e. The van der Waals surface area contributed by atoms with Gasteiger partial charge in [-0.3, -0.25) is 4.98 Å². The van der Waals surface area contributed by atoms with Gasteiger partial charge in [-0.15, -0.1) is 11.6 Å². The molecule has 2 aromatic rings. The summed E-state index contributed by atoms with van der Waals surface area (Å²) in [6.07, 6.45) is 3.27. The van der Waals surface area contributed by atoms with E-state index >= 15 is 0 Å². The summed E-state index contributed by atoms with van der Waals surface area (Å²) in [7, 11) is 0. The molecule has 0 aliphatic heterocycles. The molecular weight excluding hydrogens is 224 g/mol. The lowest BCUT2D eigenvalue weighted by atomic mass is 10.2. The standard InChI is InChI=1S/C12H11ClN2O/c1-9-7-14-8-12(15-9)16-11-4-2-10(6-13)3-5-11/h2-5,7-8H,6H2,1H3. The van der Waals surface area contributed by atoms with Crippen molar-refractivity contribution in [3.05, 3.63) is 47.9 Å². The first kappa shape index (κ1) is 10.9. The second kappa shape index (κ2) is 4.94. The molecule has 0 aliphatic carbocycles. The van der Waals surface area contributed by atoms with Gasteiger partial charge in [0.15, 0.2) is 0 Å². The molecular formula is C12H11ClN2O. The van der Waals surface area contributed by atoms with E-state index in [1.54, 1.807) is 12.4 Å². The van der Waals surface area contributed by atoms with E-state index < -0.39 is 0 Å². The van der Waals surface area contributed by atoms with Crippen molar-refractivity contribution in [2.24, 2.45) is 0 Å². The van der Waals surface area contributed by atoms with Crippen LogP contribution in [0.1, 0.15) is 11.3 Å². The molecule has 0 spiro atoms. The lowest BCUT2D eigenvalue weighted by molar-refractivity contribution is 0.458. The maximum atomic E-state index is 5.70. The van der Waals surface area contributed by atoms with Crippen molar-refractivity contribution in [2.75, 3.05) is 0 Å². The van der Waals surface area contributed by atoms with Crippen molar-refractivity contribution in [1.29, 1.82) is 0 Å². The minimum atomic E-state index is 0.499. The Labute approximate surface area is 99.1 Å². The SMILES string of the molecule is Cc1cncc(Oc2ccc(CCl)cc2)n1. The van der Waals surface area contributed by atoms with E-state index in [4.69, 9.17) is 16.3 Å². The first-order valence-electron chi connectivity index (χ1n) is 4.89. The highest BCUT2D eigenvalue weighted by Crippen LogP contribution is 2.19. The molecule has 0 saturated heterocycles. The molecule has 0 amide bonds. The summed E-state index contributed by atoms with van der Waals surface area (Å²) in [4.78, 5) is 8.21.